The van der Waals surface area contributed by atoms with E-state index in [1.165, 1.54) is 50.2 Å². The molecule has 1 N–H and O–H groups in total. The molecule has 1 amide bonds. The summed E-state index contributed by atoms with van der Waals surface area (Å²) in [6, 6.07) is 10.3. The lowest BCUT2D eigenvalue weighted by molar-refractivity contribution is 0.0584. The van der Waals surface area contributed by atoms with Gasteiger partial charge < -0.3 is 34.2 Å². The number of halogens is 1. The molecule has 1 spiro atoms. The van der Waals surface area contributed by atoms with Crippen LogP contribution in [0.5, 0.6) is 23.0 Å². The first-order chi connectivity index (χ1) is 24.6. The minimum Gasteiger partial charge on any atom is -0.494 e. The van der Waals surface area contributed by atoms with Crippen molar-refractivity contribution in [1.82, 2.24) is 19.8 Å². The summed E-state index contributed by atoms with van der Waals surface area (Å²) in [6.45, 7) is 12.9. The van der Waals surface area contributed by atoms with Crippen LogP contribution in [0.3, 0.4) is 0 Å². The van der Waals surface area contributed by atoms with E-state index in [0.717, 1.165) is 69.2 Å². The predicted octanol–water partition coefficient (Wildman–Crippen LogP) is 7.65. The number of ether oxygens (including phenoxy) is 3. The topological polar surface area (TPSA) is 92.3 Å². The third-order valence-electron chi connectivity index (χ3n) is 11.2. The van der Waals surface area contributed by atoms with Crippen LogP contribution in [0.1, 0.15) is 83.0 Å². The largest absolute Gasteiger partial charge is 0.494 e. The Balaban J connectivity index is 1.03. The highest BCUT2D eigenvalue weighted by atomic mass is 19.1. The first-order valence-electron chi connectivity index (χ1n) is 18.6. The fourth-order valence-electron chi connectivity index (χ4n) is 8.52. The number of methoxy groups -OCH3 is 2. The zero-order chi connectivity index (χ0) is 36.1. The van der Waals surface area contributed by atoms with Gasteiger partial charge in [0.1, 0.15) is 35.1 Å². The highest BCUT2D eigenvalue weighted by molar-refractivity contribution is 5.97. The van der Waals surface area contributed by atoms with E-state index in [-0.39, 0.29) is 23.6 Å². The fourth-order valence-corrected chi connectivity index (χ4v) is 8.52. The summed E-state index contributed by atoms with van der Waals surface area (Å²) in [5, 5.41) is 3.74. The van der Waals surface area contributed by atoms with Crippen molar-refractivity contribution in [2.24, 2.45) is 11.3 Å². The lowest BCUT2D eigenvalue weighted by atomic mass is 9.67. The molecule has 3 heterocycles. The van der Waals surface area contributed by atoms with Crippen molar-refractivity contribution in [1.29, 1.82) is 0 Å². The van der Waals surface area contributed by atoms with E-state index in [1.54, 1.807) is 25.3 Å². The third kappa shape index (κ3) is 8.35. The van der Waals surface area contributed by atoms with Crippen LogP contribution in [0.15, 0.2) is 48.9 Å². The highest BCUT2D eigenvalue weighted by Crippen LogP contribution is 2.46. The average molecular weight is 703 g/mol. The quantitative estimate of drug-likeness (QED) is 0.204. The molecule has 3 aliphatic rings. The molecule has 276 valence electrons. The van der Waals surface area contributed by atoms with Gasteiger partial charge in [-0.25, -0.2) is 14.4 Å². The molecule has 3 aromatic rings. The van der Waals surface area contributed by atoms with Gasteiger partial charge in [-0.1, -0.05) is 6.07 Å². The number of benzene rings is 2. The molecule has 11 heteroatoms. The zero-order valence-electron chi connectivity index (χ0n) is 31.2. The van der Waals surface area contributed by atoms with Gasteiger partial charge in [0.15, 0.2) is 11.6 Å². The summed E-state index contributed by atoms with van der Waals surface area (Å²) in [7, 11) is 3.41. The number of rotatable bonds is 12. The third-order valence-corrected chi connectivity index (χ3v) is 11.2. The van der Waals surface area contributed by atoms with Crippen molar-refractivity contribution in [3.05, 3.63) is 60.3 Å². The minimum atomic E-state index is -0.483. The van der Waals surface area contributed by atoms with Gasteiger partial charge in [-0.2, -0.15) is 0 Å². The van der Waals surface area contributed by atoms with Gasteiger partial charge in [0, 0.05) is 37.8 Å². The molecule has 1 unspecified atom stereocenters. The van der Waals surface area contributed by atoms with Crippen molar-refractivity contribution in [2.75, 3.05) is 57.2 Å². The molecule has 3 fully saturated rings. The number of anilines is 2. The molecule has 0 bridgehead atoms. The molecule has 2 aliphatic heterocycles. The lowest BCUT2D eigenvalue weighted by Gasteiger charge is -2.46. The van der Waals surface area contributed by atoms with Crippen molar-refractivity contribution in [2.45, 2.75) is 90.8 Å². The number of nitrogens with one attached hydrogen (secondary N) is 1. The van der Waals surface area contributed by atoms with Gasteiger partial charge in [0.2, 0.25) is 0 Å². The van der Waals surface area contributed by atoms with E-state index in [9.17, 15) is 9.18 Å². The average Bonchev–Trinajstić information content (AvgIpc) is 3.59. The molecule has 2 saturated heterocycles. The molecule has 2 aromatic carbocycles. The number of hydrogen-bond acceptors (Lipinski definition) is 9. The van der Waals surface area contributed by atoms with Crippen LogP contribution in [-0.4, -0.2) is 90.7 Å². The van der Waals surface area contributed by atoms with E-state index in [0.29, 0.717) is 34.7 Å². The molecule has 10 nitrogen and oxygen atoms in total. The summed E-state index contributed by atoms with van der Waals surface area (Å²) in [4.78, 5) is 29.1. The predicted molar refractivity (Wildman–Crippen MR) is 199 cm³/mol. The second-order valence-electron chi connectivity index (χ2n) is 15.2. The molecule has 1 saturated carbocycles. The van der Waals surface area contributed by atoms with Crippen LogP contribution in [0, 0.1) is 17.2 Å². The Bertz CT molecular complexity index is 1600. The standard InChI is InChI=1S/C40H55FN6O4/c1-27(2)47(28(3)4)39(48)32-22-30(41)10-11-33(32)51-36-23-42-26-43-38(36)46-19-14-29(25-46)24-45-20-17-40(18-21-45)15-12-31(13-16-40)44-37-34(49-5)8-7-9-35(37)50-6/h7-11,22-23,26-29,31,44H,12-21,24-25H2,1-6H3. The maximum atomic E-state index is 14.4. The SMILES string of the molecule is COc1cccc(OC)c1NC1CCC2(CC1)CCN(CC1CCN(c3ncncc3Oc3ccc(F)cc3C(=O)N(C(C)C)C(C)C)C1)CC2. The maximum absolute atomic E-state index is 14.4. The van der Waals surface area contributed by atoms with Crippen LogP contribution in [-0.2, 0) is 0 Å². The lowest BCUT2D eigenvalue weighted by Crippen LogP contribution is -2.45. The molecule has 0 radical (unpaired) electrons. The number of aromatic nitrogens is 2. The summed E-state index contributed by atoms with van der Waals surface area (Å²) < 4.78 is 32.0. The molecular weight excluding hydrogens is 647 g/mol. The summed E-state index contributed by atoms with van der Waals surface area (Å²) in [5.74, 6) is 2.88. The van der Waals surface area contributed by atoms with Crippen LogP contribution in [0.2, 0.25) is 0 Å². The molecular formula is C40H55FN6O4. The van der Waals surface area contributed by atoms with E-state index in [1.807, 2.05) is 45.9 Å². The van der Waals surface area contributed by atoms with Gasteiger partial charge in [0.05, 0.1) is 26.0 Å². The summed E-state index contributed by atoms with van der Waals surface area (Å²) >= 11 is 0. The fraction of sp³-hybridized carbons (Fsp3) is 0.575. The number of hydrogen-bond donors (Lipinski definition) is 1. The van der Waals surface area contributed by atoms with E-state index in [4.69, 9.17) is 14.2 Å². The van der Waals surface area contributed by atoms with E-state index in [2.05, 4.69) is 25.1 Å². The number of piperidine rings is 1. The Labute approximate surface area is 302 Å². The normalized spacial score (nSPS) is 19.5. The Kier molecular flexibility index (Phi) is 11.5. The van der Waals surface area contributed by atoms with E-state index >= 15 is 0 Å². The van der Waals surface area contributed by atoms with Crippen molar-refractivity contribution < 1.29 is 23.4 Å². The highest BCUT2D eigenvalue weighted by Gasteiger charge is 2.39. The van der Waals surface area contributed by atoms with Gasteiger partial charge >= 0.3 is 0 Å². The van der Waals surface area contributed by atoms with Crippen molar-refractivity contribution >= 4 is 17.4 Å². The zero-order valence-corrected chi connectivity index (χ0v) is 31.2. The number of amides is 1. The Morgan fingerprint density at radius 2 is 1.63 bits per heavy atom. The Morgan fingerprint density at radius 1 is 0.941 bits per heavy atom. The van der Waals surface area contributed by atoms with E-state index < -0.39 is 5.82 Å². The first kappa shape index (κ1) is 36.7. The van der Waals surface area contributed by atoms with Crippen molar-refractivity contribution in [3.8, 4) is 23.0 Å². The Morgan fingerprint density at radius 3 is 2.27 bits per heavy atom. The summed E-state index contributed by atoms with van der Waals surface area (Å²) in [5.41, 5.74) is 1.59. The van der Waals surface area contributed by atoms with Gasteiger partial charge in [-0.15, -0.1) is 0 Å². The second kappa shape index (κ2) is 16.0. The Hall–Kier alpha value is -4.12. The summed E-state index contributed by atoms with van der Waals surface area (Å²) in [6.07, 6.45) is 11.6. The van der Waals surface area contributed by atoms with Gasteiger partial charge in [0.25, 0.3) is 5.91 Å². The number of para-hydroxylation sites is 1. The second-order valence-corrected chi connectivity index (χ2v) is 15.2. The number of carbonyl (C=O) groups excluding carboxylic acids is 1. The van der Waals surface area contributed by atoms with Crippen LogP contribution in [0.25, 0.3) is 0 Å². The minimum absolute atomic E-state index is 0.0522. The molecule has 1 atom stereocenters. The van der Waals surface area contributed by atoms with Crippen LogP contribution >= 0.6 is 0 Å². The van der Waals surface area contributed by atoms with Crippen molar-refractivity contribution in [3.63, 3.8) is 0 Å². The first-order valence-corrected chi connectivity index (χ1v) is 18.6. The smallest absolute Gasteiger partial charge is 0.258 e. The van der Waals surface area contributed by atoms with Crippen LogP contribution < -0.4 is 24.4 Å². The molecule has 51 heavy (non-hydrogen) atoms. The monoisotopic (exact) mass is 702 g/mol. The van der Waals surface area contributed by atoms with Gasteiger partial charge in [-0.05, 0) is 127 Å². The van der Waals surface area contributed by atoms with Gasteiger partial charge in [-0.3, -0.25) is 4.79 Å². The molecule has 1 aliphatic carbocycles. The number of carbonyl (C=O) groups is 1. The van der Waals surface area contributed by atoms with Crippen LogP contribution in [0.4, 0.5) is 15.9 Å². The molecule has 1 aromatic heterocycles. The number of nitrogens with zero attached hydrogens (tertiary/aromatic N) is 5. The number of likely N-dealkylation sites (tertiary alicyclic amines) is 1. The molecule has 6 rings (SSSR count). The maximum Gasteiger partial charge on any atom is 0.258 e.